The fourth-order valence-electron chi connectivity index (χ4n) is 3.96. The van der Waals surface area contributed by atoms with Crippen molar-refractivity contribution >= 4 is 5.78 Å². The minimum absolute atomic E-state index is 0.00947. The Balaban J connectivity index is 1.71. The van der Waals surface area contributed by atoms with Crippen molar-refractivity contribution in [1.29, 1.82) is 0 Å². The van der Waals surface area contributed by atoms with Crippen LogP contribution in [-0.4, -0.2) is 37.8 Å². The Morgan fingerprint density at radius 3 is 2.59 bits per heavy atom. The average Bonchev–Trinajstić information content (AvgIpc) is 3.17. The highest BCUT2D eigenvalue weighted by Gasteiger charge is 2.34. The number of carbonyl (C=O) groups is 1. The lowest BCUT2D eigenvalue weighted by Gasteiger charge is -2.26. The van der Waals surface area contributed by atoms with Crippen LogP contribution in [0.3, 0.4) is 0 Å². The molecule has 0 bridgehead atoms. The van der Waals surface area contributed by atoms with Gasteiger partial charge in [-0.25, -0.2) is 0 Å². The van der Waals surface area contributed by atoms with E-state index in [0.717, 1.165) is 11.1 Å². The van der Waals surface area contributed by atoms with Crippen molar-refractivity contribution in [1.82, 2.24) is 0 Å². The standard InChI is InChI=1S/C23H24O6/c1-12(2)18-10-16-17(29-18)6-5-14(23(16)25)22(24)13-7-8-28-19-11-21(27-4)20(26-3)9-15(13)19/h5-6,9,11,13,18,25H,1,7-8,10H2,2-4H3/t13-,18+/m0/s1. The minimum atomic E-state index is -0.443. The molecule has 0 unspecified atom stereocenters. The van der Waals surface area contributed by atoms with E-state index >= 15 is 0 Å². The Morgan fingerprint density at radius 1 is 1.17 bits per heavy atom. The molecule has 2 aromatic rings. The summed E-state index contributed by atoms with van der Waals surface area (Å²) in [6, 6.07) is 6.90. The van der Waals surface area contributed by atoms with E-state index in [4.69, 9.17) is 18.9 Å². The summed E-state index contributed by atoms with van der Waals surface area (Å²) in [4.78, 5) is 13.4. The van der Waals surface area contributed by atoms with Crippen LogP contribution in [0.25, 0.3) is 0 Å². The number of methoxy groups -OCH3 is 2. The first-order chi connectivity index (χ1) is 13.9. The summed E-state index contributed by atoms with van der Waals surface area (Å²) in [5, 5.41) is 10.8. The van der Waals surface area contributed by atoms with Gasteiger partial charge in [-0.05, 0) is 37.1 Å². The van der Waals surface area contributed by atoms with Crippen molar-refractivity contribution < 1.29 is 28.8 Å². The molecule has 1 N–H and O–H groups in total. The molecule has 2 aromatic carbocycles. The molecular formula is C23H24O6. The lowest BCUT2D eigenvalue weighted by atomic mass is 9.85. The van der Waals surface area contributed by atoms with Gasteiger partial charge in [0.25, 0.3) is 0 Å². The zero-order valence-electron chi connectivity index (χ0n) is 16.8. The van der Waals surface area contributed by atoms with Crippen LogP contribution in [0, 0.1) is 0 Å². The molecule has 4 rings (SSSR count). The number of carbonyl (C=O) groups excluding carboxylic acids is 1. The zero-order valence-corrected chi connectivity index (χ0v) is 16.8. The molecule has 0 aliphatic carbocycles. The molecule has 0 radical (unpaired) electrons. The Kier molecular flexibility index (Phi) is 4.86. The summed E-state index contributed by atoms with van der Waals surface area (Å²) < 4.78 is 22.3. The van der Waals surface area contributed by atoms with Gasteiger partial charge in [0.15, 0.2) is 17.3 Å². The highest BCUT2D eigenvalue weighted by Crippen LogP contribution is 2.45. The maximum atomic E-state index is 13.4. The second kappa shape index (κ2) is 7.35. The highest BCUT2D eigenvalue weighted by molar-refractivity contribution is 6.04. The monoisotopic (exact) mass is 396 g/mol. The molecule has 0 saturated carbocycles. The summed E-state index contributed by atoms with van der Waals surface area (Å²) in [7, 11) is 3.10. The summed E-state index contributed by atoms with van der Waals surface area (Å²) >= 11 is 0. The number of hydrogen-bond donors (Lipinski definition) is 1. The van der Waals surface area contributed by atoms with Crippen LogP contribution in [0.4, 0.5) is 0 Å². The quantitative estimate of drug-likeness (QED) is 0.607. The molecule has 0 spiro atoms. The predicted molar refractivity (Wildman–Crippen MR) is 108 cm³/mol. The van der Waals surface area contributed by atoms with Gasteiger partial charge < -0.3 is 24.1 Å². The number of phenolic OH excluding ortho intramolecular Hbond substituents is 1. The molecule has 2 aliphatic heterocycles. The molecule has 2 heterocycles. The summed E-state index contributed by atoms with van der Waals surface area (Å²) in [5.41, 5.74) is 2.56. The van der Waals surface area contributed by atoms with Gasteiger partial charge in [0, 0.05) is 23.6 Å². The first kappa shape index (κ1) is 19.2. The number of ketones is 1. The van der Waals surface area contributed by atoms with Crippen LogP contribution < -0.4 is 18.9 Å². The number of hydrogen-bond acceptors (Lipinski definition) is 6. The number of aromatic hydroxyl groups is 1. The number of benzene rings is 2. The molecule has 152 valence electrons. The number of fused-ring (bicyclic) bond motifs is 2. The molecule has 2 aliphatic rings. The molecule has 2 atom stereocenters. The first-order valence-corrected chi connectivity index (χ1v) is 9.54. The Hall–Kier alpha value is -3.15. The van der Waals surface area contributed by atoms with Crippen LogP contribution in [0.2, 0.25) is 0 Å². The van der Waals surface area contributed by atoms with Gasteiger partial charge in [0.05, 0.1) is 32.3 Å². The van der Waals surface area contributed by atoms with E-state index in [1.807, 2.05) is 6.92 Å². The second-order valence-electron chi connectivity index (χ2n) is 7.39. The Bertz CT molecular complexity index is 993. The van der Waals surface area contributed by atoms with E-state index in [1.165, 1.54) is 0 Å². The van der Waals surface area contributed by atoms with E-state index in [2.05, 4.69) is 6.58 Å². The largest absolute Gasteiger partial charge is 0.507 e. The van der Waals surface area contributed by atoms with Gasteiger partial charge in [-0.2, -0.15) is 0 Å². The Morgan fingerprint density at radius 2 is 1.90 bits per heavy atom. The van der Waals surface area contributed by atoms with Gasteiger partial charge in [-0.15, -0.1) is 0 Å². The molecular weight excluding hydrogens is 372 g/mol. The van der Waals surface area contributed by atoms with Crippen LogP contribution in [-0.2, 0) is 6.42 Å². The van der Waals surface area contributed by atoms with Gasteiger partial charge in [0.1, 0.15) is 23.4 Å². The summed E-state index contributed by atoms with van der Waals surface area (Å²) in [6.45, 7) is 6.22. The number of ether oxygens (including phenoxy) is 4. The van der Waals surface area contributed by atoms with E-state index < -0.39 is 5.92 Å². The van der Waals surface area contributed by atoms with Gasteiger partial charge >= 0.3 is 0 Å². The van der Waals surface area contributed by atoms with Crippen molar-refractivity contribution in [3.8, 4) is 28.7 Å². The maximum absolute atomic E-state index is 13.4. The normalized spacial score (nSPS) is 19.4. The van der Waals surface area contributed by atoms with Gasteiger partial charge in [-0.1, -0.05) is 6.58 Å². The van der Waals surface area contributed by atoms with Crippen LogP contribution in [0.1, 0.15) is 40.7 Å². The highest BCUT2D eigenvalue weighted by atomic mass is 16.5. The van der Waals surface area contributed by atoms with E-state index in [-0.39, 0.29) is 17.6 Å². The van der Waals surface area contributed by atoms with Crippen molar-refractivity contribution in [3.63, 3.8) is 0 Å². The lowest BCUT2D eigenvalue weighted by Crippen LogP contribution is -2.22. The fourth-order valence-corrected chi connectivity index (χ4v) is 3.96. The zero-order chi connectivity index (χ0) is 20.7. The predicted octanol–water partition coefficient (Wildman–Crippen LogP) is 4.04. The van der Waals surface area contributed by atoms with Crippen molar-refractivity contribution in [2.45, 2.75) is 31.8 Å². The van der Waals surface area contributed by atoms with Crippen molar-refractivity contribution in [3.05, 3.63) is 53.1 Å². The maximum Gasteiger partial charge on any atom is 0.174 e. The lowest BCUT2D eigenvalue weighted by molar-refractivity contribution is 0.0930. The third-order valence-electron chi connectivity index (χ3n) is 5.59. The number of rotatable bonds is 5. The first-order valence-electron chi connectivity index (χ1n) is 9.54. The summed E-state index contributed by atoms with van der Waals surface area (Å²) in [6.07, 6.45) is 0.845. The molecule has 0 aromatic heterocycles. The number of Topliss-reactive ketones (excluding diaryl/α,β-unsaturated/α-hetero) is 1. The van der Waals surface area contributed by atoms with Crippen LogP contribution in [0.15, 0.2) is 36.4 Å². The van der Waals surface area contributed by atoms with E-state index in [9.17, 15) is 9.90 Å². The van der Waals surface area contributed by atoms with E-state index in [0.29, 0.717) is 53.6 Å². The van der Waals surface area contributed by atoms with Gasteiger partial charge in [-0.3, -0.25) is 4.79 Å². The molecule has 6 nitrogen and oxygen atoms in total. The van der Waals surface area contributed by atoms with Crippen molar-refractivity contribution in [2.75, 3.05) is 20.8 Å². The smallest absolute Gasteiger partial charge is 0.174 e. The second-order valence-corrected chi connectivity index (χ2v) is 7.39. The van der Waals surface area contributed by atoms with E-state index in [1.54, 1.807) is 38.5 Å². The third kappa shape index (κ3) is 3.18. The van der Waals surface area contributed by atoms with Crippen LogP contribution >= 0.6 is 0 Å². The summed E-state index contributed by atoms with van der Waals surface area (Å²) in [5.74, 6) is 1.67. The SMILES string of the molecule is C=C(C)[C@H]1Cc2c(ccc(C(=O)[C@H]3CCOc4cc(OC)c(OC)cc43)c2O)O1. The fraction of sp³-hybridized carbons (Fsp3) is 0.348. The van der Waals surface area contributed by atoms with Gasteiger partial charge in [0.2, 0.25) is 0 Å². The topological polar surface area (TPSA) is 74.2 Å². The molecule has 0 saturated heterocycles. The average molecular weight is 396 g/mol. The molecule has 29 heavy (non-hydrogen) atoms. The third-order valence-corrected chi connectivity index (χ3v) is 5.59. The molecule has 0 fully saturated rings. The Labute approximate surface area is 169 Å². The van der Waals surface area contributed by atoms with Crippen molar-refractivity contribution in [2.24, 2.45) is 0 Å². The molecule has 6 heteroatoms. The number of phenols is 1. The van der Waals surface area contributed by atoms with Crippen LogP contribution in [0.5, 0.6) is 28.7 Å². The minimum Gasteiger partial charge on any atom is -0.507 e. The molecule has 0 amide bonds.